The summed E-state index contributed by atoms with van der Waals surface area (Å²) >= 11 is 11.3. The van der Waals surface area contributed by atoms with Gasteiger partial charge in [-0.05, 0) is 42.9 Å². The number of imidazole rings is 1. The van der Waals surface area contributed by atoms with Crippen molar-refractivity contribution in [1.29, 1.82) is 0 Å². The first-order valence-corrected chi connectivity index (χ1v) is 6.86. The van der Waals surface area contributed by atoms with Gasteiger partial charge >= 0.3 is 0 Å². The van der Waals surface area contributed by atoms with Crippen molar-refractivity contribution in [2.24, 2.45) is 0 Å². The quantitative estimate of drug-likeness (QED) is 0.707. The van der Waals surface area contributed by atoms with Gasteiger partial charge in [-0.3, -0.25) is 4.57 Å². The van der Waals surface area contributed by atoms with Crippen LogP contribution in [-0.4, -0.2) is 14.5 Å². The number of aromatic nitrogens is 3. The Balaban J connectivity index is 2.16. The van der Waals surface area contributed by atoms with Gasteiger partial charge in [0.1, 0.15) is 5.82 Å². The summed E-state index contributed by atoms with van der Waals surface area (Å²) < 4.78 is 15.5. The lowest BCUT2D eigenvalue weighted by Gasteiger charge is -2.14. The Kier molecular flexibility index (Phi) is 3.31. The topological polar surface area (TPSA) is 33.6 Å². The Bertz CT molecular complexity index is 823. The molecule has 3 aromatic rings. The van der Waals surface area contributed by atoms with E-state index in [9.17, 15) is 4.39 Å². The van der Waals surface area contributed by atoms with E-state index < -0.39 is 0 Å². The van der Waals surface area contributed by atoms with E-state index in [1.807, 2.05) is 11.5 Å². The van der Waals surface area contributed by atoms with Crippen molar-refractivity contribution in [3.63, 3.8) is 0 Å². The second kappa shape index (κ2) is 5.00. The molecule has 0 bridgehead atoms. The molecular formula is C14H11ClFN3S. The maximum Gasteiger partial charge on any atom is 0.179 e. The number of rotatable bonds is 2. The van der Waals surface area contributed by atoms with E-state index in [1.54, 1.807) is 24.4 Å². The molecule has 0 saturated heterocycles. The van der Waals surface area contributed by atoms with Crippen LogP contribution in [0.2, 0.25) is 5.02 Å². The first-order valence-electron chi connectivity index (χ1n) is 6.07. The Morgan fingerprint density at radius 2 is 2.05 bits per heavy atom. The maximum absolute atomic E-state index is 13.0. The van der Waals surface area contributed by atoms with E-state index in [0.29, 0.717) is 9.79 Å². The van der Waals surface area contributed by atoms with E-state index in [4.69, 9.17) is 23.8 Å². The van der Waals surface area contributed by atoms with Gasteiger partial charge < -0.3 is 4.98 Å². The predicted octanol–water partition coefficient (Wildman–Crippen LogP) is 4.50. The molecule has 3 rings (SSSR count). The predicted molar refractivity (Wildman–Crippen MR) is 80.1 cm³/mol. The fourth-order valence-corrected chi connectivity index (χ4v) is 2.75. The molecule has 0 saturated carbocycles. The Hall–Kier alpha value is -1.72. The van der Waals surface area contributed by atoms with Crippen molar-refractivity contribution >= 4 is 35.0 Å². The van der Waals surface area contributed by atoms with Crippen LogP contribution in [0.4, 0.5) is 4.39 Å². The lowest BCUT2D eigenvalue weighted by molar-refractivity contribution is 0.617. The molecule has 2 aromatic heterocycles. The third-order valence-electron chi connectivity index (χ3n) is 3.26. The maximum atomic E-state index is 13.0. The van der Waals surface area contributed by atoms with Gasteiger partial charge in [0.15, 0.2) is 10.4 Å². The summed E-state index contributed by atoms with van der Waals surface area (Å²) in [7, 11) is 0. The highest BCUT2D eigenvalue weighted by molar-refractivity contribution is 7.71. The molecule has 1 aromatic carbocycles. The Morgan fingerprint density at radius 3 is 2.75 bits per heavy atom. The van der Waals surface area contributed by atoms with Crippen LogP contribution in [0.3, 0.4) is 0 Å². The Morgan fingerprint density at radius 1 is 1.35 bits per heavy atom. The summed E-state index contributed by atoms with van der Waals surface area (Å²) in [6.45, 7) is 1.99. The van der Waals surface area contributed by atoms with Gasteiger partial charge in [-0.15, -0.1) is 0 Å². The largest absolute Gasteiger partial charge is 0.329 e. The van der Waals surface area contributed by atoms with Crippen LogP contribution < -0.4 is 0 Å². The first kappa shape index (κ1) is 13.3. The molecule has 102 valence electrons. The molecule has 0 aliphatic rings. The van der Waals surface area contributed by atoms with Crippen LogP contribution in [0, 0.1) is 10.6 Å². The van der Waals surface area contributed by atoms with Crippen LogP contribution in [-0.2, 0) is 0 Å². The van der Waals surface area contributed by atoms with Crippen LogP contribution >= 0.6 is 23.8 Å². The molecule has 1 N–H and O–H groups in total. The van der Waals surface area contributed by atoms with Crippen molar-refractivity contribution in [1.82, 2.24) is 14.5 Å². The monoisotopic (exact) mass is 307 g/mol. The number of halogens is 2. The molecule has 6 heteroatoms. The van der Waals surface area contributed by atoms with Crippen molar-refractivity contribution in [2.45, 2.75) is 13.0 Å². The van der Waals surface area contributed by atoms with E-state index in [1.165, 1.54) is 12.1 Å². The molecule has 0 fully saturated rings. The second-order valence-electron chi connectivity index (χ2n) is 4.55. The molecule has 1 atom stereocenters. The van der Waals surface area contributed by atoms with Gasteiger partial charge in [-0.25, -0.2) is 9.37 Å². The molecule has 3 nitrogen and oxygen atoms in total. The molecule has 0 spiro atoms. The van der Waals surface area contributed by atoms with Gasteiger partial charge in [-0.1, -0.05) is 23.7 Å². The van der Waals surface area contributed by atoms with E-state index in [-0.39, 0.29) is 11.9 Å². The lowest BCUT2D eigenvalue weighted by atomic mass is 10.1. The molecular weight excluding hydrogens is 297 g/mol. The lowest BCUT2D eigenvalue weighted by Crippen LogP contribution is -2.07. The first-order chi connectivity index (χ1) is 9.56. The highest BCUT2D eigenvalue weighted by atomic mass is 35.5. The van der Waals surface area contributed by atoms with Crippen molar-refractivity contribution in [2.75, 3.05) is 0 Å². The number of nitrogens with one attached hydrogen (secondary N) is 1. The van der Waals surface area contributed by atoms with Gasteiger partial charge in [0.2, 0.25) is 0 Å². The van der Waals surface area contributed by atoms with Gasteiger partial charge in [0, 0.05) is 6.20 Å². The summed E-state index contributed by atoms with van der Waals surface area (Å²) in [6, 6.07) is 8.11. The normalized spacial score (nSPS) is 12.8. The smallest absolute Gasteiger partial charge is 0.179 e. The fourth-order valence-electron chi connectivity index (χ4n) is 2.24. The van der Waals surface area contributed by atoms with Gasteiger partial charge in [0.05, 0.1) is 16.6 Å². The fraction of sp³-hybridized carbons (Fsp3) is 0.143. The number of hydrogen-bond donors (Lipinski definition) is 1. The molecule has 2 heterocycles. The number of benzene rings is 1. The van der Waals surface area contributed by atoms with Crippen molar-refractivity contribution in [3.8, 4) is 0 Å². The molecule has 20 heavy (non-hydrogen) atoms. The highest BCUT2D eigenvalue weighted by Gasteiger charge is 2.14. The van der Waals surface area contributed by atoms with E-state index in [0.717, 1.165) is 16.7 Å². The van der Waals surface area contributed by atoms with E-state index in [2.05, 4.69) is 9.97 Å². The zero-order valence-corrected chi connectivity index (χ0v) is 12.2. The zero-order valence-electron chi connectivity index (χ0n) is 10.6. The molecule has 0 amide bonds. The summed E-state index contributed by atoms with van der Waals surface area (Å²) in [5, 5.41) is 0.551. The van der Waals surface area contributed by atoms with Crippen LogP contribution in [0.5, 0.6) is 0 Å². The van der Waals surface area contributed by atoms with Crippen molar-refractivity contribution in [3.05, 3.63) is 57.7 Å². The summed E-state index contributed by atoms with van der Waals surface area (Å²) in [6.07, 6.45) is 1.58. The number of H-pyrrole nitrogens is 1. The number of pyridine rings is 1. The Labute approximate surface area is 125 Å². The molecule has 0 radical (unpaired) electrons. The SMILES string of the molecule is CC(c1ccc(F)cc1)n1c(=S)[nH]c2cc(Cl)cnc21. The number of aromatic amines is 1. The molecule has 0 aliphatic heterocycles. The van der Waals surface area contributed by atoms with Crippen LogP contribution in [0.25, 0.3) is 11.2 Å². The standard InChI is InChI=1S/C14H11ClFN3S/c1-8(9-2-4-11(16)5-3-9)19-13-12(18-14(19)20)6-10(15)7-17-13/h2-8H,1H3,(H,18,20). The average molecular weight is 308 g/mol. The minimum absolute atomic E-state index is 0.0504. The van der Waals surface area contributed by atoms with Crippen molar-refractivity contribution < 1.29 is 4.39 Å². The van der Waals surface area contributed by atoms with E-state index >= 15 is 0 Å². The highest BCUT2D eigenvalue weighted by Crippen LogP contribution is 2.24. The minimum Gasteiger partial charge on any atom is -0.329 e. The second-order valence-corrected chi connectivity index (χ2v) is 5.38. The number of nitrogens with zero attached hydrogens (tertiary/aromatic N) is 2. The minimum atomic E-state index is -0.256. The number of fused-ring (bicyclic) bond motifs is 1. The van der Waals surface area contributed by atoms with Crippen LogP contribution in [0.1, 0.15) is 18.5 Å². The molecule has 1 unspecified atom stereocenters. The van der Waals surface area contributed by atoms with Crippen LogP contribution in [0.15, 0.2) is 36.5 Å². The summed E-state index contributed by atoms with van der Waals surface area (Å²) in [5.74, 6) is -0.256. The summed E-state index contributed by atoms with van der Waals surface area (Å²) in [5.41, 5.74) is 2.48. The van der Waals surface area contributed by atoms with Gasteiger partial charge in [0.25, 0.3) is 0 Å². The molecule has 0 aliphatic carbocycles. The summed E-state index contributed by atoms with van der Waals surface area (Å²) in [4.78, 5) is 7.41. The third-order valence-corrected chi connectivity index (χ3v) is 3.77. The zero-order chi connectivity index (χ0) is 14.3. The van der Waals surface area contributed by atoms with Gasteiger partial charge in [-0.2, -0.15) is 0 Å². The number of hydrogen-bond acceptors (Lipinski definition) is 2. The average Bonchev–Trinajstić information content (AvgIpc) is 2.73. The third kappa shape index (κ3) is 2.23.